The van der Waals surface area contributed by atoms with Crippen LogP contribution in [0.5, 0.6) is 0 Å². The Morgan fingerprint density at radius 1 is 1.35 bits per heavy atom. The van der Waals surface area contributed by atoms with Gasteiger partial charge in [0.2, 0.25) is 0 Å². The highest BCUT2D eigenvalue weighted by molar-refractivity contribution is 7.80. The van der Waals surface area contributed by atoms with E-state index in [2.05, 4.69) is 5.32 Å². The molecular formula is C11H14F2N2OS. The highest BCUT2D eigenvalue weighted by Gasteiger charge is 2.01. The van der Waals surface area contributed by atoms with Gasteiger partial charge in [0.05, 0.1) is 6.61 Å². The van der Waals surface area contributed by atoms with Crippen molar-refractivity contribution in [1.29, 1.82) is 0 Å². The summed E-state index contributed by atoms with van der Waals surface area (Å²) in [6.07, 6.45) is -2.42. The molecule has 0 aliphatic rings. The van der Waals surface area contributed by atoms with Crippen molar-refractivity contribution >= 4 is 22.9 Å². The number of rotatable bonds is 7. The van der Waals surface area contributed by atoms with Gasteiger partial charge < -0.3 is 15.8 Å². The summed E-state index contributed by atoms with van der Waals surface area (Å²) in [6.45, 7) is 0.183. The Kier molecular flexibility index (Phi) is 5.79. The second-order valence-corrected chi connectivity index (χ2v) is 3.77. The van der Waals surface area contributed by atoms with E-state index in [0.717, 1.165) is 11.3 Å². The number of anilines is 1. The van der Waals surface area contributed by atoms with E-state index in [1.807, 2.05) is 12.1 Å². The maximum absolute atomic E-state index is 11.7. The van der Waals surface area contributed by atoms with Gasteiger partial charge in [-0.2, -0.15) is 0 Å². The van der Waals surface area contributed by atoms with Crippen LogP contribution in [0, 0.1) is 0 Å². The number of ether oxygens (including phenoxy) is 1. The van der Waals surface area contributed by atoms with Gasteiger partial charge in [0, 0.05) is 17.8 Å². The molecule has 0 aliphatic carbocycles. The van der Waals surface area contributed by atoms with Crippen molar-refractivity contribution in [3.8, 4) is 0 Å². The number of alkyl halides is 2. The first-order valence-corrected chi connectivity index (χ1v) is 5.50. The van der Waals surface area contributed by atoms with E-state index in [-0.39, 0.29) is 6.61 Å². The van der Waals surface area contributed by atoms with Crippen molar-refractivity contribution in [2.45, 2.75) is 6.43 Å². The Morgan fingerprint density at radius 3 is 2.53 bits per heavy atom. The Hall–Kier alpha value is -1.27. The summed E-state index contributed by atoms with van der Waals surface area (Å²) in [6, 6.07) is 7.23. The van der Waals surface area contributed by atoms with Crippen molar-refractivity contribution in [1.82, 2.24) is 0 Å². The molecule has 0 fully saturated rings. The molecule has 3 N–H and O–H groups in total. The first kappa shape index (κ1) is 13.8. The summed E-state index contributed by atoms with van der Waals surface area (Å²) in [5.41, 5.74) is 7.11. The van der Waals surface area contributed by atoms with E-state index in [9.17, 15) is 8.78 Å². The molecular weight excluding hydrogens is 246 g/mol. The number of thiocarbonyl (C=S) groups is 1. The normalized spacial score (nSPS) is 10.5. The summed E-state index contributed by atoms with van der Waals surface area (Å²) in [4.78, 5) is 0.344. The Morgan fingerprint density at radius 2 is 2.00 bits per heavy atom. The second kappa shape index (κ2) is 7.13. The quantitative estimate of drug-likeness (QED) is 0.581. The fourth-order valence-electron chi connectivity index (χ4n) is 1.19. The van der Waals surface area contributed by atoms with Crippen LogP contribution in [0.3, 0.4) is 0 Å². The van der Waals surface area contributed by atoms with Crippen LogP contribution in [0.15, 0.2) is 24.3 Å². The van der Waals surface area contributed by atoms with E-state index in [1.54, 1.807) is 12.1 Å². The molecule has 0 spiro atoms. The van der Waals surface area contributed by atoms with Gasteiger partial charge in [0.15, 0.2) is 0 Å². The summed E-state index contributed by atoms with van der Waals surface area (Å²) in [5.74, 6) is 0. The van der Waals surface area contributed by atoms with Crippen molar-refractivity contribution in [2.75, 3.05) is 25.1 Å². The van der Waals surface area contributed by atoms with Crippen LogP contribution < -0.4 is 11.1 Å². The minimum atomic E-state index is -2.42. The lowest BCUT2D eigenvalue weighted by molar-refractivity contribution is 0.0215. The third-order valence-electron chi connectivity index (χ3n) is 1.99. The molecule has 1 rings (SSSR count). The Labute approximate surface area is 104 Å². The topological polar surface area (TPSA) is 47.3 Å². The third-order valence-corrected chi connectivity index (χ3v) is 2.22. The second-order valence-electron chi connectivity index (χ2n) is 3.33. The van der Waals surface area contributed by atoms with E-state index in [4.69, 9.17) is 22.7 Å². The number of hydrogen-bond donors (Lipinski definition) is 2. The van der Waals surface area contributed by atoms with Crippen LogP contribution in [0.2, 0.25) is 0 Å². The lowest BCUT2D eigenvalue weighted by atomic mass is 10.2. The number of nitrogens with two attached hydrogens (primary N) is 1. The number of halogens is 2. The predicted octanol–water partition coefficient (Wildman–Crippen LogP) is 2.01. The average Bonchev–Trinajstić information content (AvgIpc) is 2.29. The molecule has 0 amide bonds. The minimum Gasteiger partial charge on any atom is -0.389 e. The molecule has 0 saturated heterocycles. The molecule has 0 unspecified atom stereocenters. The van der Waals surface area contributed by atoms with Gasteiger partial charge in [-0.1, -0.05) is 12.2 Å². The fourth-order valence-corrected chi connectivity index (χ4v) is 1.33. The van der Waals surface area contributed by atoms with E-state index in [1.165, 1.54) is 0 Å². The number of benzene rings is 1. The molecule has 17 heavy (non-hydrogen) atoms. The van der Waals surface area contributed by atoms with Crippen LogP contribution >= 0.6 is 12.2 Å². The molecule has 0 aliphatic heterocycles. The smallest absolute Gasteiger partial charge is 0.261 e. The molecule has 0 radical (unpaired) electrons. The number of hydrogen-bond acceptors (Lipinski definition) is 3. The van der Waals surface area contributed by atoms with Crippen LogP contribution in [0.4, 0.5) is 14.5 Å². The molecule has 1 aromatic carbocycles. The molecule has 6 heteroatoms. The molecule has 0 bridgehead atoms. The number of nitrogens with one attached hydrogen (secondary N) is 1. The van der Waals surface area contributed by atoms with E-state index < -0.39 is 13.0 Å². The van der Waals surface area contributed by atoms with Crippen LogP contribution in [-0.2, 0) is 4.74 Å². The van der Waals surface area contributed by atoms with Crippen LogP contribution in [0.25, 0.3) is 0 Å². The standard InChI is InChI=1S/C11H14F2N2OS/c12-10(13)7-16-6-5-15-9-3-1-8(2-4-9)11(14)17/h1-4,10,15H,5-7H2,(H2,14,17). The SMILES string of the molecule is NC(=S)c1ccc(NCCOCC(F)F)cc1. The fraction of sp³-hybridized carbons (Fsp3) is 0.364. The summed E-state index contributed by atoms with van der Waals surface area (Å²) in [5, 5.41) is 3.03. The van der Waals surface area contributed by atoms with Crippen LogP contribution in [-0.4, -0.2) is 31.2 Å². The maximum atomic E-state index is 11.7. The van der Waals surface area contributed by atoms with Crippen molar-refractivity contribution in [2.24, 2.45) is 5.73 Å². The van der Waals surface area contributed by atoms with Crippen molar-refractivity contribution in [3.05, 3.63) is 29.8 Å². The average molecular weight is 260 g/mol. The molecule has 0 aromatic heterocycles. The molecule has 0 saturated carbocycles. The van der Waals surface area contributed by atoms with Gasteiger partial charge in [-0.15, -0.1) is 0 Å². The first-order valence-electron chi connectivity index (χ1n) is 5.09. The largest absolute Gasteiger partial charge is 0.389 e. The van der Waals surface area contributed by atoms with Crippen molar-refractivity contribution < 1.29 is 13.5 Å². The van der Waals surface area contributed by atoms with Gasteiger partial charge in [0.1, 0.15) is 11.6 Å². The lowest BCUT2D eigenvalue weighted by Crippen LogP contribution is -2.13. The van der Waals surface area contributed by atoms with E-state index in [0.29, 0.717) is 11.5 Å². The summed E-state index contributed by atoms with van der Waals surface area (Å²) < 4.78 is 28.2. The highest BCUT2D eigenvalue weighted by atomic mass is 32.1. The summed E-state index contributed by atoms with van der Waals surface area (Å²) in [7, 11) is 0. The molecule has 94 valence electrons. The molecule has 0 heterocycles. The molecule has 0 atom stereocenters. The monoisotopic (exact) mass is 260 g/mol. The van der Waals surface area contributed by atoms with Crippen molar-refractivity contribution in [3.63, 3.8) is 0 Å². The zero-order valence-electron chi connectivity index (χ0n) is 9.16. The third kappa shape index (κ3) is 5.55. The predicted molar refractivity (Wildman–Crippen MR) is 67.6 cm³/mol. The summed E-state index contributed by atoms with van der Waals surface area (Å²) >= 11 is 4.82. The van der Waals surface area contributed by atoms with Gasteiger partial charge >= 0.3 is 0 Å². The van der Waals surface area contributed by atoms with Gasteiger partial charge in [-0.3, -0.25) is 0 Å². The lowest BCUT2D eigenvalue weighted by Gasteiger charge is -2.07. The Bertz CT molecular complexity index is 357. The first-order chi connectivity index (χ1) is 8.09. The minimum absolute atomic E-state index is 0.237. The highest BCUT2D eigenvalue weighted by Crippen LogP contribution is 2.08. The maximum Gasteiger partial charge on any atom is 0.261 e. The van der Waals surface area contributed by atoms with Gasteiger partial charge in [-0.25, -0.2) is 8.78 Å². The van der Waals surface area contributed by atoms with E-state index >= 15 is 0 Å². The Balaban J connectivity index is 2.25. The zero-order valence-corrected chi connectivity index (χ0v) is 9.97. The van der Waals surface area contributed by atoms with Crippen LogP contribution in [0.1, 0.15) is 5.56 Å². The molecule has 3 nitrogen and oxygen atoms in total. The molecule has 1 aromatic rings. The zero-order chi connectivity index (χ0) is 12.7. The van der Waals surface area contributed by atoms with Gasteiger partial charge in [-0.05, 0) is 24.3 Å². The van der Waals surface area contributed by atoms with Gasteiger partial charge in [0.25, 0.3) is 6.43 Å².